The molecule has 10 heteroatoms. The fraction of sp³-hybridized carbons (Fsp3) is 0.0640. The van der Waals surface area contributed by atoms with Crippen LogP contribution in [0.2, 0.25) is 0 Å². The quantitative estimate of drug-likeness (QED) is 0.145. The number of pyridine rings is 3. The van der Waals surface area contributed by atoms with Crippen molar-refractivity contribution in [2.24, 2.45) is 0 Å². The third-order valence-electron chi connectivity index (χ3n) is 25.1. The summed E-state index contributed by atoms with van der Waals surface area (Å²) in [6.45, 7) is 16.0. The van der Waals surface area contributed by atoms with E-state index in [4.69, 9.17) is 4.98 Å². The van der Waals surface area contributed by atoms with Crippen molar-refractivity contribution in [1.82, 2.24) is 46.9 Å². The van der Waals surface area contributed by atoms with Crippen molar-refractivity contribution in [2.75, 3.05) is 0 Å². The van der Waals surface area contributed by atoms with E-state index in [1.54, 1.807) is 6.20 Å². The van der Waals surface area contributed by atoms with Crippen LogP contribution < -0.4 is 0 Å². The van der Waals surface area contributed by atoms with E-state index >= 15 is 0 Å². The van der Waals surface area contributed by atoms with Crippen molar-refractivity contribution in [3.8, 4) is 62.5 Å². The number of rotatable bonds is 9. The molecule has 10 nitrogen and oxygen atoms in total. The molecule has 0 radical (unpaired) electrons. The molecule has 0 unspecified atom stereocenters. The first-order valence-corrected chi connectivity index (χ1v) is 47.1. The van der Waals surface area contributed by atoms with Gasteiger partial charge in [-0.15, -0.1) is 0 Å². The molecular formula is C125H102N10. The maximum absolute atomic E-state index is 5.10. The summed E-state index contributed by atoms with van der Waals surface area (Å²) in [6, 6.07) is 161. The molecule has 27 aromatic rings. The summed E-state index contributed by atoms with van der Waals surface area (Å²) >= 11 is 0. The van der Waals surface area contributed by atoms with Gasteiger partial charge in [0.2, 0.25) is 0 Å². The van der Waals surface area contributed by atoms with Gasteiger partial charge in [-0.1, -0.05) is 334 Å². The topological polar surface area (TPSA) is 73.2 Å². The van der Waals surface area contributed by atoms with Crippen LogP contribution in [0.15, 0.2) is 474 Å². The van der Waals surface area contributed by atoms with Crippen LogP contribution in [-0.2, 0) is 0 Å². The Bertz CT molecular complexity index is 8430. The summed E-state index contributed by atoms with van der Waals surface area (Å²) in [4.78, 5) is 14.0. The second-order valence-corrected chi connectivity index (χ2v) is 32.2. The number of hydrogen-bond acceptors (Lipinski definition) is 3. The number of benzene rings is 17. The SMILES string of the molecule is CC.CC.CC.CC.c1ccc(-c2cccc(-n3c4ccccc4c4cc(-n5c6ccccc6c6ccccc65)ccc43)n2)cc1.c1ccc(-n2c3ccccc3c3cc(-n4c5ccccc5c5ccccc54)ccc32)cc1.c1ccc(-n2c3ccccc3c3cc(-n4c5ccccc5c5ccccc54)ccc32)nc1.c1cncc(-c2cccc(-n3c4ccccc4c4ccccc43)c2)c1. The third-order valence-corrected chi connectivity index (χ3v) is 25.1. The van der Waals surface area contributed by atoms with Crippen LogP contribution in [0.25, 0.3) is 215 Å². The Balaban J connectivity index is 0.000000110. The predicted octanol–water partition coefficient (Wildman–Crippen LogP) is 34.0. The minimum absolute atomic E-state index is 0.919. The fourth-order valence-electron chi connectivity index (χ4n) is 19.6. The van der Waals surface area contributed by atoms with Crippen LogP contribution in [0, 0.1) is 0 Å². The van der Waals surface area contributed by atoms with E-state index in [0.29, 0.717) is 0 Å². The van der Waals surface area contributed by atoms with Crippen molar-refractivity contribution in [1.29, 1.82) is 0 Å². The lowest BCUT2D eigenvalue weighted by molar-refractivity contribution is 1.08. The van der Waals surface area contributed by atoms with Crippen LogP contribution in [0.5, 0.6) is 0 Å². The highest BCUT2D eigenvalue weighted by Crippen LogP contribution is 2.43. The zero-order valence-corrected chi connectivity index (χ0v) is 77.0. The molecular weight excluding hydrogens is 1640 g/mol. The maximum Gasteiger partial charge on any atom is 0.138 e. The molecule has 0 aliphatic heterocycles. The van der Waals surface area contributed by atoms with E-state index in [1.807, 2.05) is 92.0 Å². The van der Waals surface area contributed by atoms with Crippen molar-refractivity contribution < 1.29 is 0 Å². The average Bonchev–Trinajstić information content (AvgIpc) is 1.58. The van der Waals surface area contributed by atoms with Crippen LogP contribution in [0.4, 0.5) is 0 Å². The Hall–Kier alpha value is -17.2. The van der Waals surface area contributed by atoms with Gasteiger partial charge in [0.25, 0.3) is 0 Å². The summed E-state index contributed by atoms with van der Waals surface area (Å²) < 4.78 is 16.4. The van der Waals surface area contributed by atoms with Gasteiger partial charge in [-0.2, -0.15) is 0 Å². The van der Waals surface area contributed by atoms with E-state index in [-0.39, 0.29) is 0 Å². The van der Waals surface area contributed by atoms with Gasteiger partial charge < -0.3 is 22.8 Å². The number of para-hydroxylation sites is 12. The molecule has 0 saturated carbocycles. The minimum atomic E-state index is 0.919. The second kappa shape index (κ2) is 38.5. The Kier molecular flexibility index (Phi) is 24.5. The third kappa shape index (κ3) is 15.5. The highest BCUT2D eigenvalue weighted by atomic mass is 15.1. The first-order valence-electron chi connectivity index (χ1n) is 47.1. The summed E-state index contributed by atoms with van der Waals surface area (Å²) in [6.07, 6.45) is 5.56. The Morgan fingerprint density at radius 1 is 0.156 bits per heavy atom. The second-order valence-electron chi connectivity index (χ2n) is 32.2. The molecule has 0 aliphatic carbocycles. The molecule has 0 spiro atoms. The first kappa shape index (κ1) is 85.9. The molecule has 0 saturated heterocycles. The van der Waals surface area contributed by atoms with Gasteiger partial charge in [-0.05, 0) is 181 Å². The van der Waals surface area contributed by atoms with Gasteiger partial charge in [-0.3, -0.25) is 14.1 Å². The first-order chi connectivity index (χ1) is 67.1. The predicted molar refractivity (Wildman–Crippen MR) is 576 cm³/mol. The van der Waals surface area contributed by atoms with E-state index < -0.39 is 0 Å². The number of hydrogen-bond donors (Lipinski definition) is 0. The van der Waals surface area contributed by atoms with Crippen molar-refractivity contribution in [3.63, 3.8) is 0 Å². The van der Waals surface area contributed by atoms with Crippen LogP contribution in [0.3, 0.4) is 0 Å². The molecule has 652 valence electrons. The molecule has 0 bridgehead atoms. The average molecular weight is 1740 g/mol. The largest absolute Gasteiger partial charge is 0.309 e. The molecule has 0 N–H and O–H groups in total. The Labute approximate surface area is 785 Å². The van der Waals surface area contributed by atoms with E-state index in [0.717, 1.165) is 50.7 Å². The van der Waals surface area contributed by atoms with Gasteiger partial charge in [0, 0.05) is 134 Å². The Morgan fingerprint density at radius 2 is 0.407 bits per heavy atom. The van der Waals surface area contributed by atoms with E-state index in [2.05, 4.69) is 473 Å². The maximum atomic E-state index is 5.10. The zero-order chi connectivity index (χ0) is 91.8. The molecule has 0 fully saturated rings. The highest BCUT2D eigenvalue weighted by molar-refractivity contribution is 6.17. The number of aromatic nitrogens is 10. The van der Waals surface area contributed by atoms with Gasteiger partial charge in [0.1, 0.15) is 11.6 Å². The highest BCUT2D eigenvalue weighted by Gasteiger charge is 2.23. The smallest absolute Gasteiger partial charge is 0.138 e. The number of fused-ring (bicyclic) bond motifs is 21. The van der Waals surface area contributed by atoms with Crippen molar-refractivity contribution >= 4 is 153 Å². The monoisotopic (exact) mass is 1740 g/mol. The summed E-state index contributed by atoms with van der Waals surface area (Å²) in [5, 5.41) is 17.7. The molecule has 17 aromatic carbocycles. The van der Waals surface area contributed by atoms with Crippen LogP contribution in [-0.4, -0.2) is 46.9 Å². The Morgan fingerprint density at radius 3 is 0.748 bits per heavy atom. The molecule has 10 heterocycles. The molecule has 10 aromatic heterocycles. The van der Waals surface area contributed by atoms with Crippen LogP contribution >= 0.6 is 0 Å². The van der Waals surface area contributed by atoms with Crippen LogP contribution in [0.1, 0.15) is 55.4 Å². The summed E-state index contributed by atoms with van der Waals surface area (Å²) in [5.41, 5.74) is 27.1. The van der Waals surface area contributed by atoms with E-state index in [9.17, 15) is 0 Å². The molecule has 0 atom stereocenters. The van der Waals surface area contributed by atoms with Gasteiger partial charge in [-0.25, -0.2) is 9.97 Å². The fourth-order valence-corrected chi connectivity index (χ4v) is 19.6. The lowest BCUT2D eigenvalue weighted by atomic mass is 10.1. The van der Waals surface area contributed by atoms with Gasteiger partial charge in [0.05, 0.1) is 82.9 Å². The van der Waals surface area contributed by atoms with E-state index in [1.165, 1.54) is 164 Å². The van der Waals surface area contributed by atoms with Gasteiger partial charge in [0.15, 0.2) is 0 Å². The lowest BCUT2D eigenvalue weighted by Crippen LogP contribution is -1.99. The van der Waals surface area contributed by atoms with Gasteiger partial charge >= 0.3 is 0 Å². The molecule has 0 aliphatic rings. The normalized spacial score (nSPS) is 11.1. The summed E-state index contributed by atoms with van der Waals surface area (Å²) in [5.74, 6) is 1.85. The number of nitrogens with zero attached hydrogens (tertiary/aromatic N) is 10. The molecule has 135 heavy (non-hydrogen) atoms. The van der Waals surface area contributed by atoms with Crippen molar-refractivity contribution in [3.05, 3.63) is 474 Å². The molecule has 27 rings (SSSR count). The zero-order valence-electron chi connectivity index (χ0n) is 77.0. The van der Waals surface area contributed by atoms with Crippen molar-refractivity contribution in [2.45, 2.75) is 55.4 Å². The minimum Gasteiger partial charge on any atom is -0.309 e. The standard InChI is InChI=1S/C35H23N3.C30H20N2.C29H19N3.C23H16N2.4C2H6/c1-2-11-24(12-3-1)30-16-10-20-35(36-30)38-33-19-9-6-15-28(33)29-23-25(21-22-34(29)38)37-31-17-7-4-13-26(31)27-14-5-8-18-32(27)37;1-2-10-21(11-3-1)31-29-17-9-6-14-25(29)26-20-22(18-19-30(26)31)32-27-15-7-4-12-23(27)24-13-5-8-16-28(24)32;1-4-12-25-21(9-1)22-10-2-5-13-26(22)31(25)20-16-17-28-24(19-20)23-11-3-6-14-27(23)32(28)29-15-7-8-18-30-29;1-3-12-22-20(10-1)21-11-2-4-13-23(21)25(22)19-9-5-7-17(15-19)18-8-6-14-24-16-18;4*1-2/h1-23H;1-20H;1-19H;1-16H;4*1-2H3. The lowest BCUT2D eigenvalue weighted by Gasteiger charge is -2.11. The molecule has 0 amide bonds. The summed E-state index contributed by atoms with van der Waals surface area (Å²) in [7, 11) is 0.